The lowest BCUT2D eigenvalue weighted by molar-refractivity contribution is -0.135. The van der Waals surface area contributed by atoms with Crippen molar-refractivity contribution in [2.24, 2.45) is 17.8 Å². The van der Waals surface area contributed by atoms with Crippen LogP contribution in [0.15, 0.2) is 35.2 Å². The van der Waals surface area contributed by atoms with Crippen molar-refractivity contribution in [2.45, 2.75) is 48.5 Å². The first kappa shape index (κ1) is 18.4. The molecule has 0 spiro atoms. The lowest BCUT2D eigenvalue weighted by Crippen LogP contribution is -2.66. The number of hydrogen-bond donors (Lipinski definition) is 1. The Morgan fingerprint density at radius 1 is 1.12 bits per heavy atom. The fourth-order valence-electron chi connectivity index (χ4n) is 4.85. The van der Waals surface area contributed by atoms with Crippen LogP contribution in [0.1, 0.15) is 26.2 Å². The maximum atomic E-state index is 13.2. The van der Waals surface area contributed by atoms with Gasteiger partial charge in [0.25, 0.3) is 0 Å². The average molecular weight is 397 g/mol. The molecule has 0 bridgehead atoms. The molecule has 1 N–H and O–H groups in total. The summed E-state index contributed by atoms with van der Waals surface area (Å²) in [5.74, 6) is 0.178. The van der Waals surface area contributed by atoms with Gasteiger partial charge in [0, 0.05) is 42.4 Å². The van der Waals surface area contributed by atoms with Gasteiger partial charge in [0.05, 0.1) is 4.90 Å². The highest BCUT2D eigenvalue weighted by Gasteiger charge is 2.50. The molecule has 3 aliphatic rings. The van der Waals surface area contributed by atoms with E-state index in [1.54, 1.807) is 30.3 Å². The van der Waals surface area contributed by atoms with Crippen LogP contribution in [0.25, 0.3) is 0 Å². The van der Waals surface area contributed by atoms with E-state index in [1.807, 2.05) is 0 Å². The zero-order chi connectivity index (χ0) is 18.5. The van der Waals surface area contributed by atoms with Gasteiger partial charge in [-0.15, -0.1) is 11.6 Å². The van der Waals surface area contributed by atoms with Crippen molar-refractivity contribution < 1.29 is 13.2 Å². The lowest BCUT2D eigenvalue weighted by atomic mass is 9.67. The number of fused-ring (bicyclic) bond motifs is 2. The van der Waals surface area contributed by atoms with Crippen molar-refractivity contribution in [1.82, 2.24) is 9.62 Å². The summed E-state index contributed by atoms with van der Waals surface area (Å²) in [7, 11) is -3.55. The quantitative estimate of drug-likeness (QED) is 0.779. The Kier molecular flexibility index (Phi) is 4.88. The molecular weight excluding hydrogens is 372 g/mol. The normalized spacial score (nSPS) is 38.5. The van der Waals surface area contributed by atoms with E-state index < -0.39 is 10.0 Å². The van der Waals surface area contributed by atoms with Crippen molar-refractivity contribution in [1.29, 1.82) is 0 Å². The number of piperidine rings is 2. The molecule has 0 amide bonds. The third-order valence-electron chi connectivity index (χ3n) is 6.42. The predicted molar refractivity (Wildman–Crippen MR) is 101 cm³/mol. The summed E-state index contributed by atoms with van der Waals surface area (Å²) < 4.78 is 27.3. The van der Waals surface area contributed by atoms with Crippen LogP contribution in [0, 0.1) is 17.8 Å². The molecule has 2 saturated heterocycles. The smallest absolute Gasteiger partial charge is 0.243 e. The Hall–Kier alpha value is -0.950. The minimum absolute atomic E-state index is 0.0411. The van der Waals surface area contributed by atoms with Crippen LogP contribution in [0.4, 0.5) is 0 Å². The standard InChI is InChI=1S/C19H25ClN2O3S/c1-12-16(20)8-7-14-18(12)21-17-9-10-22(11-15(17)19(14)23)26(24,25)13-5-3-2-4-6-13/h2-6,12,14-18,21H,7-11H2,1H3. The van der Waals surface area contributed by atoms with Crippen molar-refractivity contribution >= 4 is 27.4 Å². The van der Waals surface area contributed by atoms with Gasteiger partial charge >= 0.3 is 0 Å². The summed E-state index contributed by atoms with van der Waals surface area (Å²) in [4.78, 5) is 13.4. The molecule has 0 aromatic heterocycles. The highest BCUT2D eigenvalue weighted by Crippen LogP contribution is 2.40. The van der Waals surface area contributed by atoms with E-state index in [0.29, 0.717) is 17.9 Å². The number of Topliss-reactive ketones (excluding diaryl/α,β-unsaturated/α-hetero) is 1. The van der Waals surface area contributed by atoms with Gasteiger partial charge in [-0.05, 0) is 37.3 Å². The molecular formula is C19H25ClN2O3S. The molecule has 5 nitrogen and oxygen atoms in total. The number of hydrogen-bond acceptors (Lipinski definition) is 4. The molecule has 1 aliphatic carbocycles. The number of benzene rings is 1. The van der Waals surface area contributed by atoms with Crippen LogP contribution < -0.4 is 5.32 Å². The van der Waals surface area contributed by atoms with E-state index in [9.17, 15) is 13.2 Å². The van der Waals surface area contributed by atoms with Gasteiger partial charge in [-0.3, -0.25) is 4.79 Å². The minimum Gasteiger partial charge on any atom is -0.309 e. The molecule has 2 aliphatic heterocycles. The van der Waals surface area contributed by atoms with Crippen LogP contribution >= 0.6 is 11.6 Å². The van der Waals surface area contributed by atoms with Gasteiger partial charge in [0.15, 0.2) is 0 Å². The molecule has 1 aromatic carbocycles. The van der Waals surface area contributed by atoms with Gasteiger partial charge in [-0.1, -0.05) is 25.1 Å². The molecule has 2 heterocycles. The number of nitrogens with zero attached hydrogens (tertiary/aromatic N) is 1. The number of ketones is 1. The van der Waals surface area contributed by atoms with E-state index >= 15 is 0 Å². The minimum atomic E-state index is -3.55. The van der Waals surface area contributed by atoms with Gasteiger partial charge in [-0.2, -0.15) is 4.31 Å². The first-order chi connectivity index (χ1) is 12.4. The van der Waals surface area contributed by atoms with Gasteiger partial charge in [0.2, 0.25) is 10.0 Å². The van der Waals surface area contributed by atoms with E-state index in [4.69, 9.17) is 11.6 Å². The second-order valence-corrected chi connectivity index (χ2v) is 10.3. The monoisotopic (exact) mass is 396 g/mol. The second kappa shape index (κ2) is 6.89. The van der Waals surface area contributed by atoms with Crippen LogP contribution in [-0.4, -0.2) is 49.1 Å². The largest absolute Gasteiger partial charge is 0.309 e. The third kappa shape index (κ3) is 3.01. The Morgan fingerprint density at radius 3 is 2.58 bits per heavy atom. The second-order valence-electron chi connectivity index (χ2n) is 7.83. The molecule has 7 heteroatoms. The maximum absolute atomic E-state index is 13.2. The van der Waals surface area contributed by atoms with Gasteiger partial charge < -0.3 is 5.32 Å². The average Bonchev–Trinajstić information content (AvgIpc) is 2.66. The molecule has 1 saturated carbocycles. The maximum Gasteiger partial charge on any atom is 0.243 e. The van der Waals surface area contributed by atoms with Crippen LogP contribution in [0.3, 0.4) is 0 Å². The van der Waals surface area contributed by atoms with Crippen molar-refractivity contribution in [3.8, 4) is 0 Å². The van der Waals surface area contributed by atoms with E-state index in [-0.39, 0.29) is 47.5 Å². The summed E-state index contributed by atoms with van der Waals surface area (Å²) in [5.41, 5.74) is 0. The summed E-state index contributed by atoms with van der Waals surface area (Å²) in [5, 5.41) is 3.76. The van der Waals surface area contributed by atoms with E-state index in [2.05, 4.69) is 12.2 Å². The fourth-order valence-corrected chi connectivity index (χ4v) is 6.64. The van der Waals surface area contributed by atoms with Gasteiger partial charge in [-0.25, -0.2) is 8.42 Å². The molecule has 6 unspecified atom stereocenters. The fraction of sp³-hybridized carbons (Fsp3) is 0.632. The summed E-state index contributed by atoms with van der Waals surface area (Å²) >= 11 is 6.42. The number of halogens is 1. The first-order valence-electron chi connectivity index (χ1n) is 9.38. The Labute approximate surface area is 160 Å². The number of sulfonamides is 1. The Bertz CT molecular complexity index is 785. The summed E-state index contributed by atoms with van der Waals surface area (Å²) in [6.45, 7) is 2.83. The molecule has 142 valence electrons. The van der Waals surface area contributed by atoms with Crippen molar-refractivity contribution in [3.05, 3.63) is 30.3 Å². The Morgan fingerprint density at radius 2 is 1.85 bits per heavy atom. The highest BCUT2D eigenvalue weighted by molar-refractivity contribution is 7.89. The van der Waals surface area contributed by atoms with Crippen molar-refractivity contribution in [3.63, 3.8) is 0 Å². The number of carbonyl (C=O) groups excluding carboxylic acids is 1. The number of nitrogens with one attached hydrogen (secondary N) is 1. The SMILES string of the molecule is CC1C(Cl)CCC2C(=O)C3CN(S(=O)(=O)c4ccccc4)CCC3NC21. The summed E-state index contributed by atoms with van der Waals surface area (Å²) in [6, 6.07) is 8.65. The number of carbonyl (C=O) groups is 1. The molecule has 26 heavy (non-hydrogen) atoms. The van der Waals surface area contributed by atoms with E-state index in [0.717, 1.165) is 12.8 Å². The zero-order valence-electron chi connectivity index (χ0n) is 14.8. The first-order valence-corrected chi connectivity index (χ1v) is 11.3. The molecule has 4 rings (SSSR count). The number of rotatable bonds is 2. The molecule has 6 atom stereocenters. The van der Waals surface area contributed by atoms with Gasteiger partial charge in [0.1, 0.15) is 5.78 Å². The molecule has 1 aromatic rings. The van der Waals surface area contributed by atoms with Crippen LogP contribution in [-0.2, 0) is 14.8 Å². The zero-order valence-corrected chi connectivity index (χ0v) is 16.4. The van der Waals surface area contributed by atoms with E-state index in [1.165, 1.54) is 4.31 Å². The highest BCUT2D eigenvalue weighted by atomic mass is 35.5. The molecule has 3 fully saturated rings. The Balaban J connectivity index is 1.55. The molecule has 0 radical (unpaired) electrons. The van der Waals surface area contributed by atoms with Crippen LogP contribution in [0.2, 0.25) is 0 Å². The lowest BCUT2D eigenvalue weighted by Gasteiger charge is -2.50. The predicted octanol–water partition coefficient (Wildman–Crippen LogP) is 2.26. The number of alkyl halides is 1. The van der Waals surface area contributed by atoms with Crippen LogP contribution in [0.5, 0.6) is 0 Å². The summed E-state index contributed by atoms with van der Waals surface area (Å²) in [6.07, 6.45) is 2.30. The van der Waals surface area contributed by atoms with Crippen molar-refractivity contribution in [2.75, 3.05) is 13.1 Å². The topological polar surface area (TPSA) is 66.5 Å². The third-order valence-corrected chi connectivity index (χ3v) is 8.91.